The first-order valence-corrected chi connectivity index (χ1v) is 12.9. The number of nitrogens with one attached hydrogen (secondary N) is 2. The third-order valence-corrected chi connectivity index (χ3v) is 7.25. The Hall–Kier alpha value is -4.58. The molecule has 6 nitrogen and oxygen atoms in total. The van der Waals surface area contributed by atoms with Crippen LogP contribution in [0.3, 0.4) is 0 Å². The van der Waals surface area contributed by atoms with Crippen LogP contribution in [0.2, 0.25) is 0 Å². The number of benzene rings is 3. The van der Waals surface area contributed by atoms with Gasteiger partial charge in [0, 0.05) is 35.0 Å². The number of nitrogens with zero attached hydrogens (tertiary/aromatic N) is 1. The summed E-state index contributed by atoms with van der Waals surface area (Å²) in [5.41, 5.74) is 6.94. The number of rotatable bonds is 7. The molecule has 1 aliphatic heterocycles. The van der Waals surface area contributed by atoms with Crippen molar-refractivity contribution in [3.63, 3.8) is 0 Å². The lowest BCUT2D eigenvalue weighted by Crippen LogP contribution is -2.33. The number of aromatic nitrogens is 1. The van der Waals surface area contributed by atoms with Gasteiger partial charge in [-0.3, -0.25) is 9.59 Å². The molecule has 6 rings (SSSR count). The monoisotopic (exact) mass is 503 g/mol. The summed E-state index contributed by atoms with van der Waals surface area (Å²) in [4.78, 5) is 31.9. The summed E-state index contributed by atoms with van der Waals surface area (Å²) in [6, 6.07) is 27.8. The maximum atomic E-state index is 13.7. The van der Waals surface area contributed by atoms with Crippen molar-refractivity contribution in [2.75, 3.05) is 6.54 Å². The first-order chi connectivity index (χ1) is 18.5. The van der Waals surface area contributed by atoms with Gasteiger partial charge in [-0.25, -0.2) is 0 Å². The number of aromatic amines is 1. The highest BCUT2D eigenvalue weighted by atomic mass is 16.3. The second kappa shape index (κ2) is 9.71. The molecule has 38 heavy (non-hydrogen) atoms. The lowest BCUT2D eigenvalue weighted by molar-refractivity contribution is -0.121. The Labute approximate surface area is 221 Å². The summed E-state index contributed by atoms with van der Waals surface area (Å²) in [6.07, 6.45) is 0.193. The number of para-hydroxylation sites is 1. The van der Waals surface area contributed by atoms with Crippen molar-refractivity contribution in [2.24, 2.45) is 0 Å². The molecule has 3 heterocycles. The Kier molecular flexibility index (Phi) is 6.08. The van der Waals surface area contributed by atoms with Gasteiger partial charge in [0.25, 0.3) is 5.91 Å². The molecule has 0 radical (unpaired) electrons. The van der Waals surface area contributed by atoms with Crippen LogP contribution in [0.25, 0.3) is 22.2 Å². The van der Waals surface area contributed by atoms with Gasteiger partial charge in [-0.15, -0.1) is 0 Å². The lowest BCUT2D eigenvalue weighted by Gasteiger charge is -2.26. The van der Waals surface area contributed by atoms with Gasteiger partial charge in [-0.2, -0.15) is 0 Å². The summed E-state index contributed by atoms with van der Waals surface area (Å²) in [7, 11) is 0. The van der Waals surface area contributed by atoms with E-state index in [0.717, 1.165) is 39.0 Å². The van der Waals surface area contributed by atoms with Crippen LogP contribution in [0.5, 0.6) is 0 Å². The van der Waals surface area contributed by atoms with Crippen LogP contribution >= 0.6 is 0 Å². The molecule has 0 saturated heterocycles. The normalized spacial score (nSPS) is 14.7. The molecular weight excluding hydrogens is 474 g/mol. The minimum absolute atomic E-state index is 0.0554. The van der Waals surface area contributed by atoms with Crippen LogP contribution in [-0.4, -0.2) is 28.2 Å². The summed E-state index contributed by atoms with van der Waals surface area (Å²) in [6.45, 7) is 4.57. The zero-order chi connectivity index (χ0) is 26.2. The van der Waals surface area contributed by atoms with Crippen molar-refractivity contribution in [2.45, 2.75) is 32.9 Å². The number of carbonyl (C=O) groups excluding carboxylic acids is 2. The van der Waals surface area contributed by atoms with E-state index in [4.69, 9.17) is 4.42 Å². The second-order valence-electron chi connectivity index (χ2n) is 9.85. The van der Waals surface area contributed by atoms with Gasteiger partial charge in [0.15, 0.2) is 0 Å². The van der Waals surface area contributed by atoms with Gasteiger partial charge < -0.3 is 19.6 Å². The predicted molar refractivity (Wildman–Crippen MR) is 148 cm³/mol. The van der Waals surface area contributed by atoms with Crippen LogP contribution in [0, 0.1) is 13.8 Å². The first kappa shape index (κ1) is 23.8. The van der Waals surface area contributed by atoms with Gasteiger partial charge in [-0.05, 0) is 49.2 Å². The number of aryl methyl sites for hydroxylation is 2. The highest BCUT2D eigenvalue weighted by molar-refractivity contribution is 6.02. The maximum absolute atomic E-state index is 13.7. The van der Waals surface area contributed by atoms with Crippen LogP contribution in [0.4, 0.5) is 0 Å². The largest absolute Gasteiger partial charge is 0.465 e. The summed E-state index contributed by atoms with van der Waals surface area (Å²) < 4.78 is 5.56. The van der Waals surface area contributed by atoms with Crippen molar-refractivity contribution in [3.8, 4) is 11.3 Å². The quantitative estimate of drug-likeness (QED) is 0.274. The fraction of sp³-hybridized carbons (Fsp3) is 0.188. The molecule has 0 aliphatic carbocycles. The molecule has 1 atom stereocenters. The number of amides is 2. The standard InChI is InChI=1S/C32H29N3O3/c1-20-11-14-22(15-12-20)30-29(26-9-5-6-10-27(26)34-30)31-24-7-3-4-8-25(24)32(37)35(31)18-17-28(36)33-19-23-16-13-21(2)38-23/h3-16,31,34H,17-19H2,1-2H3,(H,33,36). The number of hydrogen-bond acceptors (Lipinski definition) is 3. The third-order valence-electron chi connectivity index (χ3n) is 7.25. The van der Waals surface area contributed by atoms with Gasteiger partial charge in [-0.1, -0.05) is 66.2 Å². The Morgan fingerprint density at radius 3 is 2.50 bits per heavy atom. The summed E-state index contributed by atoms with van der Waals surface area (Å²) in [5.74, 6) is 1.33. The topological polar surface area (TPSA) is 78.3 Å². The number of hydrogen-bond donors (Lipinski definition) is 2. The molecule has 0 fully saturated rings. The van der Waals surface area contributed by atoms with E-state index in [-0.39, 0.29) is 24.3 Å². The van der Waals surface area contributed by atoms with Crippen LogP contribution in [-0.2, 0) is 11.3 Å². The van der Waals surface area contributed by atoms with Crippen LogP contribution in [0.15, 0.2) is 89.3 Å². The van der Waals surface area contributed by atoms with Crippen LogP contribution < -0.4 is 5.32 Å². The first-order valence-electron chi connectivity index (χ1n) is 12.9. The van der Waals surface area contributed by atoms with E-state index in [1.807, 2.05) is 60.4 Å². The molecule has 2 N–H and O–H groups in total. The third kappa shape index (κ3) is 4.28. The van der Waals surface area contributed by atoms with E-state index in [9.17, 15) is 9.59 Å². The average Bonchev–Trinajstić information content (AvgIpc) is 3.60. The maximum Gasteiger partial charge on any atom is 0.255 e. The molecule has 0 bridgehead atoms. The lowest BCUT2D eigenvalue weighted by atomic mass is 9.93. The minimum atomic E-state index is -0.313. The zero-order valence-electron chi connectivity index (χ0n) is 21.5. The molecule has 1 aliphatic rings. The smallest absolute Gasteiger partial charge is 0.255 e. The summed E-state index contributed by atoms with van der Waals surface area (Å²) >= 11 is 0. The van der Waals surface area contributed by atoms with Crippen molar-refractivity contribution in [3.05, 3.63) is 119 Å². The zero-order valence-corrected chi connectivity index (χ0v) is 21.5. The Balaban J connectivity index is 1.37. The van der Waals surface area contributed by atoms with Gasteiger partial charge in [0.1, 0.15) is 11.5 Å². The fourth-order valence-electron chi connectivity index (χ4n) is 5.38. The molecule has 3 aromatic carbocycles. The van der Waals surface area contributed by atoms with Crippen molar-refractivity contribution < 1.29 is 14.0 Å². The van der Waals surface area contributed by atoms with E-state index in [1.54, 1.807) is 0 Å². The van der Waals surface area contributed by atoms with E-state index < -0.39 is 0 Å². The highest BCUT2D eigenvalue weighted by Crippen LogP contribution is 2.45. The molecule has 2 aromatic heterocycles. The van der Waals surface area contributed by atoms with E-state index in [2.05, 4.69) is 53.6 Å². The second-order valence-corrected chi connectivity index (χ2v) is 9.85. The fourth-order valence-corrected chi connectivity index (χ4v) is 5.38. The molecule has 0 spiro atoms. The minimum Gasteiger partial charge on any atom is -0.465 e. The summed E-state index contributed by atoms with van der Waals surface area (Å²) in [5, 5.41) is 3.99. The van der Waals surface area contributed by atoms with E-state index in [1.165, 1.54) is 5.56 Å². The number of fused-ring (bicyclic) bond motifs is 2. The highest BCUT2D eigenvalue weighted by Gasteiger charge is 2.40. The molecule has 5 aromatic rings. The molecule has 190 valence electrons. The Bertz CT molecular complexity index is 1640. The average molecular weight is 504 g/mol. The van der Waals surface area contributed by atoms with Crippen molar-refractivity contribution in [1.82, 2.24) is 15.2 Å². The molecule has 0 saturated carbocycles. The van der Waals surface area contributed by atoms with Crippen LogP contribution in [0.1, 0.15) is 51.0 Å². The van der Waals surface area contributed by atoms with Gasteiger partial charge >= 0.3 is 0 Å². The predicted octanol–water partition coefficient (Wildman–Crippen LogP) is 6.30. The van der Waals surface area contributed by atoms with E-state index in [0.29, 0.717) is 24.4 Å². The molecule has 1 unspecified atom stereocenters. The molecular formula is C32H29N3O3. The number of H-pyrrole nitrogens is 1. The van der Waals surface area contributed by atoms with Crippen molar-refractivity contribution in [1.29, 1.82) is 0 Å². The van der Waals surface area contributed by atoms with Gasteiger partial charge in [0.05, 0.1) is 18.3 Å². The number of furan rings is 1. The molecule has 6 heteroatoms. The Morgan fingerprint density at radius 1 is 0.947 bits per heavy atom. The molecule has 2 amide bonds. The van der Waals surface area contributed by atoms with Gasteiger partial charge in [0.2, 0.25) is 5.91 Å². The van der Waals surface area contributed by atoms with Crippen molar-refractivity contribution >= 4 is 22.7 Å². The SMILES string of the molecule is Cc1ccc(-c2[nH]c3ccccc3c2C2c3ccccc3C(=O)N2CCC(=O)NCc2ccc(C)o2)cc1. The van der Waals surface area contributed by atoms with E-state index >= 15 is 0 Å². The Morgan fingerprint density at radius 2 is 1.71 bits per heavy atom. The number of carbonyl (C=O) groups is 2.